The number of ether oxygens (including phenoxy) is 1. The number of likely N-dealkylation sites (tertiary alicyclic amines) is 1. The van der Waals surface area contributed by atoms with Gasteiger partial charge in [-0.3, -0.25) is 4.90 Å². The van der Waals surface area contributed by atoms with Gasteiger partial charge in [-0.25, -0.2) is 0 Å². The molecule has 0 atom stereocenters. The number of benzene rings is 2. The SMILES string of the molecule is CC1(C)CCC(CC2CCN(CC=C3C=CC(C(=O)[O-])=C(Oc4cccc(C(F)(F)F)c4)C3)CC2)=C(c2ccc(Cl)cc2)C1. The highest BCUT2D eigenvalue weighted by Crippen LogP contribution is 2.45. The van der Waals surface area contributed by atoms with Crippen LogP contribution in [0.4, 0.5) is 13.2 Å². The van der Waals surface area contributed by atoms with E-state index in [0.717, 1.165) is 67.9 Å². The molecule has 2 aliphatic carbocycles. The van der Waals surface area contributed by atoms with Gasteiger partial charge in [-0.15, -0.1) is 0 Å². The monoisotopic (exact) mass is 624 g/mol. The molecular weight excluding hydrogens is 587 g/mol. The standard InChI is InChI=1S/C36H39ClF3NO3/c1-35(2)16-12-27(32(23-35)26-7-9-29(37)10-8-26)20-25-14-18-41(19-15-25)17-13-24-6-11-31(34(42)43)33(21-24)44-30-5-3-4-28(22-30)36(38,39)40/h3-11,13,22,25H,12,14-21,23H2,1-2H3,(H,42,43)/p-1. The molecular formula is C36H38ClF3NO3-. The van der Waals surface area contributed by atoms with Crippen LogP contribution in [-0.2, 0) is 11.0 Å². The summed E-state index contributed by atoms with van der Waals surface area (Å²) < 4.78 is 45.1. The average Bonchev–Trinajstić information content (AvgIpc) is 2.98. The maximum Gasteiger partial charge on any atom is 0.416 e. The third-order valence-electron chi connectivity index (χ3n) is 8.98. The Balaban J connectivity index is 1.19. The molecule has 0 unspecified atom stereocenters. The number of carbonyl (C=O) groups excluding carboxylic acids is 1. The van der Waals surface area contributed by atoms with Crippen molar-refractivity contribution >= 4 is 23.1 Å². The summed E-state index contributed by atoms with van der Waals surface area (Å²) in [5.41, 5.74) is 4.47. The van der Waals surface area contributed by atoms with E-state index in [1.54, 1.807) is 11.6 Å². The molecule has 0 spiro atoms. The molecule has 1 heterocycles. The normalized spacial score (nSPS) is 20.8. The van der Waals surface area contributed by atoms with Crippen LogP contribution in [0.1, 0.15) is 69.9 Å². The van der Waals surface area contributed by atoms with E-state index in [4.69, 9.17) is 16.3 Å². The van der Waals surface area contributed by atoms with Crippen LogP contribution < -0.4 is 9.84 Å². The van der Waals surface area contributed by atoms with Crippen molar-refractivity contribution in [2.24, 2.45) is 11.3 Å². The Morgan fingerprint density at radius 3 is 2.52 bits per heavy atom. The summed E-state index contributed by atoms with van der Waals surface area (Å²) in [7, 11) is 0. The van der Waals surface area contributed by atoms with E-state index in [1.165, 1.54) is 35.8 Å². The van der Waals surface area contributed by atoms with Crippen LogP contribution in [0.15, 0.2) is 89.2 Å². The number of hydrogen-bond acceptors (Lipinski definition) is 4. The number of allylic oxidation sites excluding steroid dienone is 4. The number of carboxylic acid groups (broad SMARTS) is 1. The molecule has 8 heteroatoms. The van der Waals surface area contributed by atoms with Crippen molar-refractivity contribution in [3.8, 4) is 5.75 Å². The highest BCUT2D eigenvalue weighted by atomic mass is 35.5. The van der Waals surface area contributed by atoms with E-state index in [9.17, 15) is 23.1 Å². The molecule has 234 valence electrons. The summed E-state index contributed by atoms with van der Waals surface area (Å²) in [4.78, 5) is 14.1. The number of carbonyl (C=O) groups is 1. The molecule has 0 N–H and O–H groups in total. The maximum atomic E-state index is 13.2. The number of rotatable bonds is 8. The molecule has 2 aromatic carbocycles. The van der Waals surface area contributed by atoms with E-state index in [-0.39, 0.29) is 28.9 Å². The minimum absolute atomic E-state index is 0.0669. The fourth-order valence-corrected chi connectivity index (χ4v) is 6.52. The highest BCUT2D eigenvalue weighted by molar-refractivity contribution is 6.30. The van der Waals surface area contributed by atoms with E-state index >= 15 is 0 Å². The largest absolute Gasteiger partial charge is 0.545 e. The number of alkyl halides is 3. The third kappa shape index (κ3) is 8.24. The molecule has 0 aromatic heterocycles. The van der Waals surface area contributed by atoms with Gasteiger partial charge in [0.05, 0.1) is 11.5 Å². The van der Waals surface area contributed by atoms with Crippen LogP contribution >= 0.6 is 11.6 Å². The van der Waals surface area contributed by atoms with Crippen LogP contribution in [0.5, 0.6) is 5.75 Å². The summed E-state index contributed by atoms with van der Waals surface area (Å²) in [6, 6.07) is 12.7. The van der Waals surface area contributed by atoms with E-state index in [0.29, 0.717) is 12.5 Å². The zero-order valence-electron chi connectivity index (χ0n) is 25.2. The predicted octanol–water partition coefficient (Wildman–Crippen LogP) is 8.39. The Morgan fingerprint density at radius 1 is 1.11 bits per heavy atom. The van der Waals surface area contributed by atoms with Crippen molar-refractivity contribution in [1.29, 1.82) is 0 Å². The van der Waals surface area contributed by atoms with E-state index in [2.05, 4.69) is 30.9 Å². The number of carboxylic acids is 1. The van der Waals surface area contributed by atoms with Gasteiger partial charge in [-0.05, 0) is 116 Å². The second-order valence-electron chi connectivity index (χ2n) is 12.9. The zero-order chi connectivity index (χ0) is 31.5. The number of nitrogens with zero attached hydrogens (tertiary/aromatic N) is 1. The molecule has 3 aliphatic rings. The summed E-state index contributed by atoms with van der Waals surface area (Å²) in [5.74, 6) is -0.799. The fraction of sp³-hybridized carbons (Fsp3) is 0.417. The van der Waals surface area contributed by atoms with Gasteiger partial charge in [0.15, 0.2) is 0 Å². The quantitative estimate of drug-likeness (QED) is 0.296. The molecule has 44 heavy (non-hydrogen) atoms. The first-order valence-corrected chi connectivity index (χ1v) is 15.6. The van der Waals surface area contributed by atoms with Crippen LogP contribution in [-0.4, -0.2) is 30.5 Å². The molecule has 0 bridgehead atoms. The maximum absolute atomic E-state index is 13.2. The first kappa shape index (κ1) is 32.1. The Labute approximate surface area is 262 Å². The Hall–Kier alpha value is -3.29. The lowest BCUT2D eigenvalue weighted by Gasteiger charge is -2.37. The van der Waals surface area contributed by atoms with Gasteiger partial charge < -0.3 is 14.6 Å². The molecule has 5 rings (SSSR count). The second-order valence-corrected chi connectivity index (χ2v) is 13.4. The molecule has 0 radical (unpaired) electrons. The topological polar surface area (TPSA) is 52.6 Å². The second kappa shape index (κ2) is 13.4. The molecule has 0 saturated carbocycles. The molecule has 4 nitrogen and oxygen atoms in total. The van der Waals surface area contributed by atoms with Crippen molar-refractivity contribution in [2.45, 2.75) is 65.0 Å². The smallest absolute Gasteiger partial charge is 0.416 e. The summed E-state index contributed by atoms with van der Waals surface area (Å²) >= 11 is 6.17. The van der Waals surface area contributed by atoms with Gasteiger partial charge in [-0.2, -0.15) is 13.2 Å². The highest BCUT2D eigenvalue weighted by Gasteiger charge is 2.31. The van der Waals surface area contributed by atoms with Crippen LogP contribution in [0.25, 0.3) is 5.57 Å². The molecule has 1 saturated heterocycles. The summed E-state index contributed by atoms with van der Waals surface area (Å²) in [6.07, 6.45) is 7.55. The van der Waals surface area contributed by atoms with Crippen molar-refractivity contribution in [3.63, 3.8) is 0 Å². The summed E-state index contributed by atoms with van der Waals surface area (Å²) in [6.45, 7) is 7.35. The van der Waals surface area contributed by atoms with Crippen LogP contribution in [0, 0.1) is 11.3 Å². The molecule has 0 amide bonds. The van der Waals surface area contributed by atoms with Gasteiger partial charge in [0.1, 0.15) is 11.5 Å². The third-order valence-corrected chi connectivity index (χ3v) is 9.24. The Bertz CT molecular complexity index is 1490. The van der Waals surface area contributed by atoms with Gasteiger partial charge >= 0.3 is 6.18 Å². The Kier molecular flexibility index (Phi) is 9.76. The number of piperidine rings is 1. The zero-order valence-corrected chi connectivity index (χ0v) is 25.9. The Morgan fingerprint density at radius 2 is 1.84 bits per heavy atom. The number of aliphatic carboxylic acids is 1. The van der Waals surface area contributed by atoms with Gasteiger partial charge in [0.2, 0.25) is 0 Å². The minimum atomic E-state index is -4.53. The van der Waals surface area contributed by atoms with Crippen molar-refractivity contribution in [2.75, 3.05) is 19.6 Å². The number of hydrogen-bond donors (Lipinski definition) is 0. The summed E-state index contributed by atoms with van der Waals surface area (Å²) in [5, 5.41) is 12.5. The van der Waals surface area contributed by atoms with Gasteiger partial charge in [0.25, 0.3) is 0 Å². The van der Waals surface area contributed by atoms with Crippen molar-refractivity contribution in [3.05, 3.63) is 105 Å². The lowest BCUT2D eigenvalue weighted by molar-refractivity contribution is -0.299. The lowest BCUT2D eigenvalue weighted by atomic mass is 9.70. The first-order valence-electron chi connectivity index (χ1n) is 15.2. The molecule has 2 aromatic rings. The van der Waals surface area contributed by atoms with Crippen LogP contribution in [0.3, 0.4) is 0 Å². The van der Waals surface area contributed by atoms with E-state index < -0.39 is 17.7 Å². The number of halogens is 4. The first-order chi connectivity index (χ1) is 20.9. The van der Waals surface area contributed by atoms with Gasteiger partial charge in [-0.1, -0.05) is 61.4 Å². The van der Waals surface area contributed by atoms with Crippen molar-refractivity contribution < 1.29 is 27.8 Å². The predicted molar refractivity (Wildman–Crippen MR) is 166 cm³/mol. The van der Waals surface area contributed by atoms with Gasteiger partial charge in [0, 0.05) is 23.6 Å². The lowest BCUT2D eigenvalue weighted by Crippen LogP contribution is -2.34. The molecule has 1 aliphatic heterocycles. The fourth-order valence-electron chi connectivity index (χ4n) is 6.40. The van der Waals surface area contributed by atoms with Crippen LogP contribution in [0.2, 0.25) is 5.02 Å². The van der Waals surface area contributed by atoms with Crippen molar-refractivity contribution in [1.82, 2.24) is 4.90 Å². The molecule has 1 fully saturated rings. The average molecular weight is 625 g/mol. The minimum Gasteiger partial charge on any atom is -0.545 e. The van der Waals surface area contributed by atoms with E-state index in [1.807, 2.05) is 18.2 Å².